The minimum absolute atomic E-state index is 0.0972. The van der Waals surface area contributed by atoms with Crippen LogP contribution in [0.1, 0.15) is 74.7 Å². The van der Waals surface area contributed by atoms with Crippen molar-refractivity contribution in [1.29, 1.82) is 0 Å². The van der Waals surface area contributed by atoms with Crippen molar-refractivity contribution < 1.29 is 24.0 Å². The van der Waals surface area contributed by atoms with Gasteiger partial charge in [0.25, 0.3) is 0 Å². The number of carbonyl (C=O) groups excluding carboxylic acids is 5. The number of rotatable bonds is 11. The Labute approximate surface area is 216 Å². The third-order valence-corrected chi connectivity index (χ3v) is 3.70. The standard InChI is InChI=1S/C14H23N4O5.C3H9N.C3H8.C2H6.Pb/c1-9(2)4-11(14(23)17-5-10(3)20)18-13(22)7-16-12(21)6-15-8-19;1-2-3-4;1-3-2;1-2;/h9,11H,4-7H2,1-3H3,(H,15,19)(H,16,21)(H,17,23)(H,18,22);2-4H2,1H3;3H2,1-2H3;1-2H3;. The van der Waals surface area contributed by atoms with Crippen LogP contribution >= 0.6 is 0 Å². The van der Waals surface area contributed by atoms with Crippen LogP contribution in [0.25, 0.3) is 0 Å². The molecule has 193 valence electrons. The van der Waals surface area contributed by atoms with E-state index < -0.39 is 23.8 Å². The molecule has 6 N–H and O–H groups in total. The summed E-state index contributed by atoms with van der Waals surface area (Å²) in [5.74, 6) is -1.50. The maximum atomic E-state index is 12.0. The van der Waals surface area contributed by atoms with E-state index in [1.165, 1.54) is 13.3 Å². The Morgan fingerprint density at radius 2 is 1.30 bits per heavy atom. The summed E-state index contributed by atoms with van der Waals surface area (Å²) in [4.78, 5) is 57.0. The van der Waals surface area contributed by atoms with E-state index in [9.17, 15) is 24.0 Å². The van der Waals surface area contributed by atoms with Gasteiger partial charge < -0.3 is 5.73 Å². The summed E-state index contributed by atoms with van der Waals surface area (Å²) >= 11 is 0.291. The fourth-order valence-electron chi connectivity index (χ4n) is 1.68. The van der Waals surface area contributed by atoms with E-state index in [0.29, 0.717) is 32.2 Å². The van der Waals surface area contributed by atoms with Crippen molar-refractivity contribution in [2.24, 2.45) is 11.7 Å². The monoisotopic (exact) mass is 668 g/mol. The smallest absolute Gasteiger partial charge is 0.00799 e. The van der Waals surface area contributed by atoms with Gasteiger partial charge in [-0.05, 0) is 19.9 Å². The third kappa shape index (κ3) is 35.2. The van der Waals surface area contributed by atoms with Gasteiger partial charge in [0, 0.05) is 0 Å². The molecule has 0 rings (SSSR count). The van der Waals surface area contributed by atoms with E-state index in [4.69, 9.17) is 5.73 Å². The van der Waals surface area contributed by atoms with Crippen LogP contribution in [0.5, 0.6) is 0 Å². The van der Waals surface area contributed by atoms with E-state index in [1.54, 1.807) is 0 Å². The van der Waals surface area contributed by atoms with E-state index in [2.05, 4.69) is 42.0 Å². The Balaban J connectivity index is -0.000000400. The number of amides is 4. The average molecular weight is 668 g/mol. The summed E-state index contributed by atoms with van der Waals surface area (Å²) in [6, 6.07) is -0.782. The second kappa shape index (κ2) is 28.5. The molecule has 0 aliphatic rings. The molecule has 10 nitrogen and oxygen atoms in total. The minimum atomic E-state index is -0.782. The van der Waals surface area contributed by atoms with Crippen LogP contribution in [0.3, 0.4) is 0 Å². The summed E-state index contributed by atoms with van der Waals surface area (Å²) in [6.07, 6.45) is 2.75. The summed E-state index contributed by atoms with van der Waals surface area (Å²) < 4.78 is -0.214. The van der Waals surface area contributed by atoms with Crippen LogP contribution < -0.4 is 27.0 Å². The fourth-order valence-corrected chi connectivity index (χ4v) is 2.03. The van der Waals surface area contributed by atoms with Gasteiger partial charge >= 0.3 is 139 Å². The molecule has 0 aliphatic carbocycles. The first kappa shape index (κ1) is 38.7. The molecule has 0 bridgehead atoms. The van der Waals surface area contributed by atoms with Crippen molar-refractivity contribution >= 4 is 52.7 Å². The van der Waals surface area contributed by atoms with Crippen LogP contribution in [0, 0.1) is 5.92 Å². The Kier molecular flexibility index (Phi) is 33.4. The SMILES string of the molecule is CC.CC(=O)CNC(=O)C(CC(C)C)NC(=O)CNC(=O)CN[C](=O)[Pb].CCC.CCCN. The molecular formula is C22H46N5O5Pb. The number of Topliss-reactive ketones (excluding diaryl/α,β-unsaturated/α-hetero) is 1. The van der Waals surface area contributed by atoms with Gasteiger partial charge in [-0.1, -0.05) is 41.0 Å². The third-order valence-electron chi connectivity index (χ3n) is 3.01. The number of nitrogens with two attached hydrogens (primary N) is 1. The largest absolute Gasteiger partial charge is 0.330 e. The van der Waals surface area contributed by atoms with Gasteiger partial charge in [0.05, 0.1) is 0 Å². The first-order valence-electron chi connectivity index (χ1n) is 11.5. The zero-order chi connectivity index (χ0) is 26.8. The van der Waals surface area contributed by atoms with E-state index >= 15 is 0 Å². The molecule has 0 aromatic rings. The molecule has 0 saturated carbocycles. The molecule has 33 heavy (non-hydrogen) atoms. The summed E-state index contributed by atoms with van der Waals surface area (Å²) in [7, 11) is 0. The first-order valence-corrected chi connectivity index (χ1v) is 13.4. The molecule has 0 fully saturated rings. The molecule has 3 radical (unpaired) electrons. The van der Waals surface area contributed by atoms with Gasteiger partial charge in [-0.15, -0.1) is 0 Å². The van der Waals surface area contributed by atoms with E-state index in [1.807, 2.05) is 27.7 Å². The van der Waals surface area contributed by atoms with E-state index in [-0.39, 0.29) is 34.8 Å². The van der Waals surface area contributed by atoms with Gasteiger partial charge in [-0.25, -0.2) is 0 Å². The predicted octanol–water partition coefficient (Wildman–Crippen LogP) is 1.01. The van der Waals surface area contributed by atoms with Crippen molar-refractivity contribution in [3.05, 3.63) is 0 Å². The molecule has 0 heterocycles. The molecular weight excluding hydrogens is 621 g/mol. The topological polar surface area (TPSA) is 159 Å². The molecule has 1 unspecified atom stereocenters. The zero-order valence-electron chi connectivity index (χ0n) is 21.7. The minimum Gasteiger partial charge on any atom is -0.330 e. The Morgan fingerprint density at radius 1 is 0.848 bits per heavy atom. The molecule has 4 amide bonds. The average Bonchev–Trinajstić information content (AvgIpc) is 2.75. The molecule has 0 aromatic heterocycles. The number of carbonyl (C=O) groups is 5. The van der Waals surface area contributed by atoms with Crippen molar-refractivity contribution in [3.63, 3.8) is 0 Å². The Hall–Kier alpha value is -1.57. The molecule has 0 spiro atoms. The summed E-state index contributed by atoms with van der Waals surface area (Å²) in [6.45, 7) is 15.7. The molecule has 0 aliphatic heterocycles. The quantitative estimate of drug-likeness (QED) is 0.207. The molecule has 1 atom stereocenters. The maximum Gasteiger partial charge on any atom is -0.00799 e. The van der Waals surface area contributed by atoms with Gasteiger partial charge in [-0.3, -0.25) is 4.79 Å². The fraction of sp³-hybridized carbons (Fsp3) is 0.773. The van der Waals surface area contributed by atoms with Crippen molar-refractivity contribution in [1.82, 2.24) is 21.3 Å². The van der Waals surface area contributed by atoms with Crippen LogP contribution in [-0.4, -0.2) is 85.0 Å². The van der Waals surface area contributed by atoms with Gasteiger partial charge in [0.15, 0.2) is 0 Å². The van der Waals surface area contributed by atoms with Crippen molar-refractivity contribution in [2.45, 2.75) is 80.7 Å². The van der Waals surface area contributed by atoms with Gasteiger partial charge in [0.1, 0.15) is 5.78 Å². The van der Waals surface area contributed by atoms with Gasteiger partial charge in [-0.2, -0.15) is 0 Å². The van der Waals surface area contributed by atoms with Crippen LogP contribution in [0.15, 0.2) is 0 Å². The number of hydrogen-bond donors (Lipinski definition) is 5. The molecule has 0 saturated heterocycles. The molecule has 0 aromatic carbocycles. The van der Waals surface area contributed by atoms with Gasteiger partial charge in [0.2, 0.25) is 0 Å². The zero-order valence-corrected chi connectivity index (χ0v) is 25.6. The first-order chi connectivity index (χ1) is 15.4. The Morgan fingerprint density at radius 3 is 1.67 bits per heavy atom. The summed E-state index contributed by atoms with van der Waals surface area (Å²) in [5, 5.41) is 9.70. The number of nitrogens with one attached hydrogen (secondary N) is 4. The van der Waals surface area contributed by atoms with E-state index in [0.717, 1.165) is 13.0 Å². The summed E-state index contributed by atoms with van der Waals surface area (Å²) in [5.41, 5.74) is 5.03. The second-order valence-electron chi connectivity index (χ2n) is 7.12. The predicted molar refractivity (Wildman–Crippen MR) is 134 cm³/mol. The second-order valence-corrected chi connectivity index (χ2v) is 8.89. The molecule has 11 heteroatoms. The number of hydrogen-bond acceptors (Lipinski definition) is 6. The van der Waals surface area contributed by atoms with Crippen LogP contribution in [0.2, 0.25) is 0 Å². The van der Waals surface area contributed by atoms with Crippen LogP contribution in [0.4, 0.5) is 4.79 Å². The van der Waals surface area contributed by atoms with Crippen molar-refractivity contribution in [3.8, 4) is 0 Å². The van der Waals surface area contributed by atoms with Crippen molar-refractivity contribution in [2.75, 3.05) is 26.2 Å². The Bertz CT molecular complexity index is 543. The van der Waals surface area contributed by atoms with Crippen LogP contribution in [-0.2, 0) is 19.2 Å². The number of ketones is 1. The normalized spacial score (nSPS) is 9.91. The maximum absolute atomic E-state index is 12.0.